The summed E-state index contributed by atoms with van der Waals surface area (Å²) in [6.07, 6.45) is 0.701. The van der Waals surface area contributed by atoms with Gasteiger partial charge in [-0.1, -0.05) is 41.9 Å². The molecule has 10 nitrogen and oxygen atoms in total. The maximum atomic E-state index is 14.2. The van der Waals surface area contributed by atoms with E-state index in [1.54, 1.807) is 42.2 Å². The lowest BCUT2D eigenvalue weighted by atomic mass is 9.83. The number of aromatic carboxylic acids is 1. The molecule has 3 aromatic carbocycles. The second kappa shape index (κ2) is 11.1. The van der Waals surface area contributed by atoms with Crippen molar-refractivity contribution >= 4 is 52.1 Å². The third kappa shape index (κ3) is 5.41. The van der Waals surface area contributed by atoms with Gasteiger partial charge in [0.25, 0.3) is 5.91 Å². The molecule has 1 fully saturated rings. The maximum absolute atomic E-state index is 14.2. The molecule has 43 heavy (non-hydrogen) atoms. The van der Waals surface area contributed by atoms with E-state index in [0.717, 1.165) is 5.56 Å². The molecule has 1 aromatic heterocycles. The number of H-pyrrole nitrogens is 1. The van der Waals surface area contributed by atoms with E-state index < -0.39 is 29.6 Å². The highest BCUT2D eigenvalue weighted by molar-refractivity contribution is 6.30. The van der Waals surface area contributed by atoms with Crippen LogP contribution in [0, 0.1) is 6.92 Å². The van der Waals surface area contributed by atoms with Crippen molar-refractivity contribution in [3.05, 3.63) is 99.7 Å². The zero-order chi connectivity index (χ0) is 30.3. The Bertz CT molecular complexity index is 1770. The van der Waals surface area contributed by atoms with Crippen LogP contribution >= 0.6 is 11.6 Å². The molecular weight excluding hydrogens is 572 g/mol. The van der Waals surface area contributed by atoms with Crippen LogP contribution in [0.2, 0.25) is 5.02 Å². The molecule has 1 spiro atoms. The third-order valence-corrected chi connectivity index (χ3v) is 8.35. The zero-order valence-electron chi connectivity index (χ0n) is 23.3. The number of carbonyl (C=O) groups excluding carboxylic acids is 3. The minimum atomic E-state index is -1.10. The number of carbonyl (C=O) groups is 4. The first kappa shape index (κ1) is 28.3. The van der Waals surface area contributed by atoms with Gasteiger partial charge in [-0.3, -0.25) is 14.9 Å². The van der Waals surface area contributed by atoms with Crippen molar-refractivity contribution in [3.8, 4) is 0 Å². The number of rotatable bonds is 6. The second-order valence-corrected chi connectivity index (χ2v) is 11.4. The van der Waals surface area contributed by atoms with Gasteiger partial charge in [0, 0.05) is 45.7 Å². The van der Waals surface area contributed by atoms with Crippen LogP contribution in [0.4, 0.5) is 10.5 Å². The largest absolute Gasteiger partial charge is 0.478 e. The molecule has 3 amide bonds. The molecule has 2 aliphatic heterocycles. The van der Waals surface area contributed by atoms with Crippen molar-refractivity contribution in [2.45, 2.75) is 37.8 Å². The molecule has 4 aromatic rings. The Hall–Kier alpha value is -4.83. The number of amides is 3. The number of fused-ring (bicyclic) bond motifs is 3. The first-order valence-corrected chi connectivity index (χ1v) is 14.3. The molecular formula is C32H29ClN4O6. The SMILES string of the molecule is Cc1[nH]c2ccc(C(=O)NC(Cc3ccccc3)C(=O)N3CCC[C@@]4(C3)OC(=O)Nc3ccc(Cl)cc34)cc2c1C(=O)O. The smallest absolute Gasteiger partial charge is 0.412 e. The van der Waals surface area contributed by atoms with Crippen LogP contribution in [-0.4, -0.2) is 58.0 Å². The Balaban J connectivity index is 1.30. The van der Waals surface area contributed by atoms with E-state index >= 15 is 0 Å². The predicted molar refractivity (Wildman–Crippen MR) is 160 cm³/mol. The number of carboxylic acids is 1. The summed E-state index contributed by atoms with van der Waals surface area (Å²) in [5, 5.41) is 16.2. The number of hydrogen-bond acceptors (Lipinski definition) is 5. The Kier molecular flexibility index (Phi) is 7.31. The number of aryl methyl sites for hydroxylation is 1. The van der Waals surface area contributed by atoms with Gasteiger partial charge in [0.1, 0.15) is 6.04 Å². The van der Waals surface area contributed by atoms with Crippen molar-refractivity contribution in [2.24, 2.45) is 0 Å². The average Bonchev–Trinajstić information content (AvgIpc) is 3.32. The van der Waals surface area contributed by atoms with Crippen molar-refractivity contribution in [2.75, 3.05) is 18.4 Å². The van der Waals surface area contributed by atoms with E-state index in [1.165, 1.54) is 6.07 Å². The first-order valence-electron chi connectivity index (χ1n) is 13.9. The van der Waals surface area contributed by atoms with Gasteiger partial charge in [0.2, 0.25) is 5.91 Å². The molecule has 0 saturated carbocycles. The van der Waals surface area contributed by atoms with Gasteiger partial charge in [-0.05, 0) is 61.7 Å². The van der Waals surface area contributed by atoms with E-state index in [9.17, 15) is 24.3 Å². The van der Waals surface area contributed by atoms with Crippen LogP contribution in [0.5, 0.6) is 0 Å². The summed E-state index contributed by atoms with van der Waals surface area (Å²) in [5.41, 5.74) is 2.45. The van der Waals surface area contributed by atoms with Gasteiger partial charge < -0.3 is 25.0 Å². The highest BCUT2D eigenvalue weighted by atomic mass is 35.5. The topological polar surface area (TPSA) is 141 Å². The molecule has 4 N–H and O–H groups in total. The number of aromatic amines is 1. The van der Waals surface area contributed by atoms with E-state index in [4.69, 9.17) is 16.3 Å². The number of aromatic nitrogens is 1. The molecule has 1 saturated heterocycles. The Labute approximate surface area is 252 Å². The molecule has 11 heteroatoms. The van der Waals surface area contributed by atoms with E-state index in [0.29, 0.717) is 52.3 Å². The summed E-state index contributed by atoms with van der Waals surface area (Å²) >= 11 is 6.30. The Morgan fingerprint density at radius 2 is 1.91 bits per heavy atom. The maximum Gasteiger partial charge on any atom is 0.412 e. The number of likely N-dealkylation sites (tertiary alicyclic amines) is 1. The van der Waals surface area contributed by atoms with Crippen molar-refractivity contribution in [3.63, 3.8) is 0 Å². The first-order chi connectivity index (χ1) is 20.6. The van der Waals surface area contributed by atoms with E-state index in [-0.39, 0.29) is 30.0 Å². The molecule has 2 atom stereocenters. The van der Waals surface area contributed by atoms with Crippen LogP contribution in [0.1, 0.15) is 50.4 Å². The molecule has 3 heterocycles. The summed E-state index contributed by atoms with van der Waals surface area (Å²) in [6, 6.07) is 18.3. The molecule has 0 aliphatic carbocycles. The summed E-state index contributed by atoms with van der Waals surface area (Å²) in [5.74, 6) is -1.93. The number of halogens is 1. The molecule has 2 aliphatic rings. The fourth-order valence-electron chi connectivity index (χ4n) is 6.14. The highest BCUT2D eigenvalue weighted by Crippen LogP contribution is 2.43. The normalized spacial score (nSPS) is 18.5. The predicted octanol–water partition coefficient (Wildman–Crippen LogP) is 5.25. The number of nitrogens with zero attached hydrogens (tertiary/aromatic N) is 1. The average molecular weight is 601 g/mol. The van der Waals surface area contributed by atoms with Gasteiger partial charge in [-0.25, -0.2) is 9.59 Å². The van der Waals surface area contributed by atoms with Crippen LogP contribution < -0.4 is 10.6 Å². The van der Waals surface area contributed by atoms with Crippen molar-refractivity contribution in [1.29, 1.82) is 0 Å². The van der Waals surface area contributed by atoms with Gasteiger partial charge in [-0.15, -0.1) is 0 Å². The number of piperidine rings is 1. The Morgan fingerprint density at radius 3 is 2.67 bits per heavy atom. The van der Waals surface area contributed by atoms with Crippen molar-refractivity contribution in [1.82, 2.24) is 15.2 Å². The minimum absolute atomic E-state index is 0.0945. The standard InChI is InChI=1S/C32H29ClN4O6/c1-18-27(30(40)41)22-15-20(8-10-24(22)34-18)28(38)35-26(14-19-6-3-2-4-7-19)29(39)37-13-5-12-32(17-37)23-16-21(33)9-11-25(23)36-31(42)43-32/h2-4,6-11,15-16,26,34H,5,12-14,17H2,1H3,(H,35,38)(H,36,42)(H,40,41)/t26?,32-/m0/s1. The van der Waals surface area contributed by atoms with Crippen LogP contribution in [-0.2, 0) is 21.6 Å². The van der Waals surface area contributed by atoms with Crippen LogP contribution in [0.3, 0.4) is 0 Å². The molecule has 0 bridgehead atoms. The zero-order valence-corrected chi connectivity index (χ0v) is 24.0. The number of hydrogen-bond donors (Lipinski definition) is 4. The molecule has 220 valence electrons. The molecule has 6 rings (SSSR count). The van der Waals surface area contributed by atoms with E-state index in [1.807, 2.05) is 30.3 Å². The second-order valence-electron chi connectivity index (χ2n) is 11.0. The van der Waals surface area contributed by atoms with Crippen molar-refractivity contribution < 1.29 is 29.0 Å². The lowest BCUT2D eigenvalue weighted by Crippen LogP contribution is -2.57. The monoisotopic (exact) mass is 600 g/mol. The molecule has 1 unspecified atom stereocenters. The third-order valence-electron chi connectivity index (χ3n) is 8.11. The minimum Gasteiger partial charge on any atom is -0.478 e. The number of carboxylic acid groups (broad SMARTS) is 1. The lowest BCUT2D eigenvalue weighted by molar-refractivity contribution is -0.141. The lowest BCUT2D eigenvalue weighted by Gasteiger charge is -2.45. The number of anilines is 1. The van der Waals surface area contributed by atoms with Crippen LogP contribution in [0.25, 0.3) is 10.9 Å². The van der Waals surface area contributed by atoms with Crippen LogP contribution in [0.15, 0.2) is 66.7 Å². The van der Waals surface area contributed by atoms with E-state index in [2.05, 4.69) is 15.6 Å². The highest BCUT2D eigenvalue weighted by Gasteiger charge is 2.47. The summed E-state index contributed by atoms with van der Waals surface area (Å²) in [7, 11) is 0. The van der Waals surface area contributed by atoms with Gasteiger partial charge >= 0.3 is 12.1 Å². The van der Waals surface area contributed by atoms with Gasteiger partial charge in [0.15, 0.2) is 5.60 Å². The number of ether oxygens (including phenoxy) is 1. The summed E-state index contributed by atoms with van der Waals surface area (Å²) in [4.78, 5) is 56.8. The quantitative estimate of drug-likeness (QED) is 0.238. The Morgan fingerprint density at radius 1 is 1.12 bits per heavy atom. The van der Waals surface area contributed by atoms with Gasteiger partial charge in [0.05, 0.1) is 17.8 Å². The fraction of sp³-hybridized carbons (Fsp3) is 0.250. The summed E-state index contributed by atoms with van der Waals surface area (Å²) in [6.45, 7) is 2.18. The number of nitrogens with one attached hydrogen (secondary N) is 3. The summed E-state index contributed by atoms with van der Waals surface area (Å²) < 4.78 is 5.86. The molecule has 0 radical (unpaired) electrons. The fourth-order valence-corrected chi connectivity index (χ4v) is 6.31. The number of benzene rings is 3. The van der Waals surface area contributed by atoms with Gasteiger partial charge in [-0.2, -0.15) is 0 Å².